The van der Waals surface area contributed by atoms with Gasteiger partial charge in [-0.1, -0.05) is 172 Å². The minimum atomic E-state index is -0.144. The summed E-state index contributed by atoms with van der Waals surface area (Å²) in [6, 6.07) is 79.5. The molecule has 0 N–H and O–H groups in total. The van der Waals surface area contributed by atoms with E-state index in [1.807, 2.05) is 0 Å². The Bertz CT molecular complexity index is 3800. The maximum Gasteiger partial charge on any atom is 0.160 e. The number of nitrogens with zero attached hydrogens (tertiary/aromatic N) is 2. The molecule has 0 atom stereocenters. The molecule has 0 radical (unpaired) electrons. The summed E-state index contributed by atoms with van der Waals surface area (Å²) in [5.41, 5.74) is 18.4. The van der Waals surface area contributed by atoms with Gasteiger partial charge in [0, 0.05) is 43.9 Å². The average molecular weight is 819 g/mol. The Labute approximate surface area is 371 Å². The quantitative estimate of drug-likeness (QED) is 0.167. The molecule has 2 aromatic heterocycles. The van der Waals surface area contributed by atoms with Crippen molar-refractivity contribution in [1.29, 1.82) is 0 Å². The monoisotopic (exact) mass is 818 g/mol. The summed E-state index contributed by atoms with van der Waals surface area (Å²) in [4.78, 5) is 2.44. The van der Waals surface area contributed by atoms with Gasteiger partial charge in [-0.2, -0.15) is 0 Å². The Hall–Kier alpha value is -8.14. The summed E-state index contributed by atoms with van der Waals surface area (Å²) in [5.74, 6) is 0. The number of para-hydroxylation sites is 3. The normalized spacial score (nSPS) is 13.0. The second kappa shape index (κ2) is 13.9. The van der Waals surface area contributed by atoms with Gasteiger partial charge in [-0.15, -0.1) is 0 Å². The molecule has 0 spiro atoms. The number of aromatic nitrogens is 1. The van der Waals surface area contributed by atoms with Crippen molar-refractivity contribution in [1.82, 2.24) is 4.57 Å². The number of hydrogen-bond acceptors (Lipinski definition) is 2. The van der Waals surface area contributed by atoms with Crippen molar-refractivity contribution >= 4 is 71.6 Å². The van der Waals surface area contributed by atoms with Gasteiger partial charge in [0.25, 0.3) is 0 Å². The number of benzene rings is 10. The van der Waals surface area contributed by atoms with Crippen LogP contribution in [0, 0.1) is 0 Å². The Morgan fingerprint density at radius 2 is 1.05 bits per heavy atom. The number of fused-ring (bicyclic) bond motifs is 11. The van der Waals surface area contributed by atoms with E-state index in [4.69, 9.17) is 4.42 Å². The van der Waals surface area contributed by atoms with E-state index in [2.05, 4.69) is 242 Å². The third-order valence-electron chi connectivity index (χ3n) is 13.8. The molecule has 13 rings (SSSR count). The van der Waals surface area contributed by atoms with E-state index >= 15 is 0 Å². The summed E-state index contributed by atoms with van der Waals surface area (Å²) in [7, 11) is 0. The molecule has 64 heavy (non-hydrogen) atoms. The van der Waals surface area contributed by atoms with Crippen LogP contribution < -0.4 is 4.90 Å². The number of furan rings is 1. The van der Waals surface area contributed by atoms with Crippen molar-refractivity contribution in [3.05, 3.63) is 230 Å². The summed E-state index contributed by atoms with van der Waals surface area (Å²) >= 11 is 0. The number of rotatable bonds is 6. The first-order valence-electron chi connectivity index (χ1n) is 22.2. The van der Waals surface area contributed by atoms with Crippen LogP contribution in [0.2, 0.25) is 0 Å². The van der Waals surface area contributed by atoms with Crippen LogP contribution in [0.25, 0.3) is 93.6 Å². The van der Waals surface area contributed by atoms with E-state index in [1.54, 1.807) is 0 Å². The molecular weight excluding hydrogens is 777 g/mol. The Balaban J connectivity index is 0.934. The zero-order chi connectivity index (χ0) is 42.5. The lowest BCUT2D eigenvalue weighted by Crippen LogP contribution is -2.16. The predicted octanol–water partition coefficient (Wildman–Crippen LogP) is 16.9. The molecule has 0 saturated carbocycles. The summed E-state index contributed by atoms with van der Waals surface area (Å²) < 4.78 is 9.28. The van der Waals surface area contributed by atoms with Crippen molar-refractivity contribution in [2.24, 2.45) is 0 Å². The van der Waals surface area contributed by atoms with Gasteiger partial charge >= 0.3 is 0 Å². The fourth-order valence-electron chi connectivity index (χ4n) is 10.7. The van der Waals surface area contributed by atoms with Crippen LogP contribution in [0.5, 0.6) is 0 Å². The van der Waals surface area contributed by atoms with Crippen LogP contribution in [-0.2, 0) is 5.41 Å². The molecule has 302 valence electrons. The SMILES string of the molecule is CC1(C)c2ccccc2-c2c(N(c3ccc(-c4ccc(-c5ccc6c(c5)c5ccccc5n6-c5ccccc5)cc4)cc3)c3cc4ccccc4c4c3oc3ccccc34)cccc21. The third-order valence-corrected chi connectivity index (χ3v) is 13.8. The number of anilines is 3. The van der Waals surface area contributed by atoms with Crippen LogP contribution in [0.4, 0.5) is 17.1 Å². The molecule has 1 aliphatic carbocycles. The van der Waals surface area contributed by atoms with Crippen LogP contribution in [0.15, 0.2) is 223 Å². The molecule has 0 bridgehead atoms. The van der Waals surface area contributed by atoms with E-state index in [1.165, 1.54) is 77.2 Å². The Kier molecular flexibility index (Phi) is 7.95. The van der Waals surface area contributed by atoms with E-state index in [9.17, 15) is 0 Å². The van der Waals surface area contributed by atoms with Crippen LogP contribution in [-0.4, -0.2) is 4.57 Å². The minimum Gasteiger partial charge on any atom is -0.454 e. The summed E-state index contributed by atoms with van der Waals surface area (Å²) in [5, 5.41) is 7.13. The average Bonchev–Trinajstić information content (AvgIpc) is 3.98. The molecule has 0 fully saturated rings. The molecule has 10 aromatic carbocycles. The van der Waals surface area contributed by atoms with E-state index in [0.29, 0.717) is 0 Å². The first-order chi connectivity index (χ1) is 31.5. The van der Waals surface area contributed by atoms with Gasteiger partial charge in [0.1, 0.15) is 5.58 Å². The maximum absolute atomic E-state index is 6.91. The van der Waals surface area contributed by atoms with Gasteiger partial charge < -0.3 is 13.9 Å². The minimum absolute atomic E-state index is 0.144. The highest BCUT2D eigenvalue weighted by molar-refractivity contribution is 6.23. The van der Waals surface area contributed by atoms with Gasteiger partial charge in [0.2, 0.25) is 0 Å². The molecule has 0 unspecified atom stereocenters. The van der Waals surface area contributed by atoms with Gasteiger partial charge in [0.15, 0.2) is 5.58 Å². The number of hydrogen-bond donors (Lipinski definition) is 0. The highest BCUT2D eigenvalue weighted by Gasteiger charge is 2.38. The molecule has 0 amide bonds. The molecule has 2 heterocycles. The Morgan fingerprint density at radius 1 is 0.438 bits per heavy atom. The smallest absolute Gasteiger partial charge is 0.160 e. The van der Waals surface area contributed by atoms with Crippen molar-refractivity contribution in [2.75, 3.05) is 4.90 Å². The molecular formula is C61H42N2O. The molecule has 0 aliphatic heterocycles. The first kappa shape index (κ1) is 36.5. The largest absolute Gasteiger partial charge is 0.454 e. The van der Waals surface area contributed by atoms with Crippen molar-refractivity contribution < 1.29 is 4.42 Å². The molecule has 3 nitrogen and oxygen atoms in total. The summed E-state index contributed by atoms with van der Waals surface area (Å²) in [6.07, 6.45) is 0. The zero-order valence-corrected chi connectivity index (χ0v) is 35.6. The van der Waals surface area contributed by atoms with Crippen molar-refractivity contribution in [2.45, 2.75) is 19.3 Å². The maximum atomic E-state index is 6.91. The van der Waals surface area contributed by atoms with E-state index in [0.717, 1.165) is 44.6 Å². The van der Waals surface area contributed by atoms with E-state index < -0.39 is 0 Å². The lowest BCUT2D eigenvalue weighted by atomic mass is 9.82. The predicted molar refractivity (Wildman–Crippen MR) is 269 cm³/mol. The third kappa shape index (κ3) is 5.41. The van der Waals surface area contributed by atoms with Crippen LogP contribution in [0.1, 0.15) is 25.0 Å². The van der Waals surface area contributed by atoms with Crippen LogP contribution in [0.3, 0.4) is 0 Å². The second-order valence-corrected chi connectivity index (χ2v) is 17.7. The lowest BCUT2D eigenvalue weighted by molar-refractivity contribution is 0.660. The first-order valence-corrected chi connectivity index (χ1v) is 22.2. The van der Waals surface area contributed by atoms with Crippen molar-refractivity contribution in [3.8, 4) is 39.1 Å². The second-order valence-electron chi connectivity index (χ2n) is 17.7. The molecule has 12 aromatic rings. The highest BCUT2D eigenvalue weighted by atomic mass is 16.3. The molecule has 3 heteroatoms. The van der Waals surface area contributed by atoms with Gasteiger partial charge in [-0.25, -0.2) is 0 Å². The van der Waals surface area contributed by atoms with Gasteiger partial charge in [0.05, 0.1) is 22.4 Å². The highest BCUT2D eigenvalue weighted by Crippen LogP contribution is 2.55. The fraction of sp³-hybridized carbons (Fsp3) is 0.0492. The van der Waals surface area contributed by atoms with Gasteiger partial charge in [-0.05, 0) is 110 Å². The van der Waals surface area contributed by atoms with E-state index in [-0.39, 0.29) is 5.41 Å². The fourth-order valence-corrected chi connectivity index (χ4v) is 10.7. The lowest BCUT2D eigenvalue weighted by Gasteiger charge is -2.29. The Morgan fingerprint density at radius 3 is 1.86 bits per heavy atom. The summed E-state index contributed by atoms with van der Waals surface area (Å²) in [6.45, 7) is 4.70. The topological polar surface area (TPSA) is 21.3 Å². The van der Waals surface area contributed by atoms with Gasteiger partial charge in [-0.3, -0.25) is 0 Å². The van der Waals surface area contributed by atoms with Crippen LogP contribution >= 0.6 is 0 Å². The molecule has 0 saturated heterocycles. The van der Waals surface area contributed by atoms with Crippen molar-refractivity contribution in [3.63, 3.8) is 0 Å². The zero-order valence-electron chi connectivity index (χ0n) is 35.6. The standard InChI is InChI=1S/C61H42N2O/c1-61(2)51-22-11-8-20-48(51)59-52(61)23-14-25-55(59)63(56-38-43-15-6-7-18-46(43)58-49-21-10-13-26-57(49)64-60(56)58)45-34-31-40(32-35-45)39-27-29-41(30-28-39)42-33-36-54-50(37-42)47-19-9-12-24-53(47)62(54)44-16-4-3-5-17-44/h3-38H,1-2H3. The molecule has 1 aliphatic rings.